The van der Waals surface area contributed by atoms with Gasteiger partial charge in [-0.25, -0.2) is 9.40 Å². The first kappa shape index (κ1) is 16.8. The molecule has 0 saturated carbocycles. The molecule has 1 aliphatic carbocycles. The smallest absolute Gasteiger partial charge is 0.242 e. The van der Waals surface area contributed by atoms with Gasteiger partial charge in [-0.3, -0.25) is 4.79 Å². The lowest BCUT2D eigenvalue weighted by Gasteiger charge is -2.29. The molecule has 134 valence electrons. The van der Waals surface area contributed by atoms with Gasteiger partial charge >= 0.3 is 0 Å². The van der Waals surface area contributed by atoms with Crippen molar-refractivity contribution in [2.45, 2.75) is 32.2 Å². The molecule has 1 amide bonds. The summed E-state index contributed by atoms with van der Waals surface area (Å²) in [5.74, 6) is 0.590. The number of ether oxygens (including phenoxy) is 1. The molecule has 2 aromatic rings. The van der Waals surface area contributed by atoms with Crippen molar-refractivity contribution in [2.24, 2.45) is 11.0 Å². The molecule has 2 aromatic carbocycles. The van der Waals surface area contributed by atoms with Crippen LogP contribution in [-0.2, 0) is 11.2 Å². The van der Waals surface area contributed by atoms with Crippen LogP contribution in [0.4, 0.5) is 4.39 Å². The molecular formula is C21H21FN2O2. The number of halogens is 1. The van der Waals surface area contributed by atoms with Crippen molar-refractivity contribution in [3.05, 3.63) is 65.0 Å². The van der Waals surface area contributed by atoms with Crippen LogP contribution in [-0.4, -0.2) is 23.7 Å². The SMILES string of the molecule is CCC(=O)N1N=C2c3cc(OC)ccc3CC[C@@H]2[C@@H]1c1ccc(F)cc1. The average molecular weight is 352 g/mol. The van der Waals surface area contributed by atoms with Crippen molar-refractivity contribution in [3.63, 3.8) is 0 Å². The topological polar surface area (TPSA) is 41.9 Å². The summed E-state index contributed by atoms with van der Waals surface area (Å²) in [5, 5.41) is 6.33. The van der Waals surface area contributed by atoms with Crippen LogP contribution in [0.15, 0.2) is 47.6 Å². The predicted octanol–water partition coefficient (Wildman–Crippen LogP) is 4.09. The molecular weight excluding hydrogens is 331 g/mol. The van der Waals surface area contributed by atoms with Crippen molar-refractivity contribution in [1.82, 2.24) is 5.01 Å². The summed E-state index contributed by atoms with van der Waals surface area (Å²) >= 11 is 0. The highest BCUT2D eigenvalue weighted by atomic mass is 19.1. The average Bonchev–Trinajstić information content (AvgIpc) is 3.07. The van der Waals surface area contributed by atoms with Crippen LogP contribution < -0.4 is 4.74 Å². The number of carbonyl (C=O) groups is 1. The van der Waals surface area contributed by atoms with E-state index in [-0.39, 0.29) is 23.7 Å². The summed E-state index contributed by atoms with van der Waals surface area (Å²) in [5.41, 5.74) is 4.13. The number of aryl methyl sites for hydroxylation is 1. The number of hydrazone groups is 1. The molecule has 0 unspecified atom stereocenters. The van der Waals surface area contributed by atoms with E-state index in [0.717, 1.165) is 35.4 Å². The van der Waals surface area contributed by atoms with E-state index in [1.807, 2.05) is 19.1 Å². The van der Waals surface area contributed by atoms with Gasteiger partial charge in [0.05, 0.1) is 18.9 Å². The first-order valence-corrected chi connectivity index (χ1v) is 8.95. The maximum absolute atomic E-state index is 13.4. The van der Waals surface area contributed by atoms with Gasteiger partial charge in [0.15, 0.2) is 0 Å². The van der Waals surface area contributed by atoms with E-state index in [0.29, 0.717) is 6.42 Å². The van der Waals surface area contributed by atoms with E-state index in [1.165, 1.54) is 17.7 Å². The quantitative estimate of drug-likeness (QED) is 0.835. The highest BCUT2D eigenvalue weighted by Crippen LogP contribution is 2.44. The Balaban J connectivity index is 1.80. The van der Waals surface area contributed by atoms with Gasteiger partial charge in [0.25, 0.3) is 0 Å². The Morgan fingerprint density at radius 1 is 1.27 bits per heavy atom. The summed E-state index contributed by atoms with van der Waals surface area (Å²) in [6, 6.07) is 12.3. The van der Waals surface area contributed by atoms with Gasteiger partial charge in [0.1, 0.15) is 11.6 Å². The number of nitrogens with zero attached hydrogens (tertiary/aromatic N) is 2. The van der Waals surface area contributed by atoms with Crippen molar-refractivity contribution in [2.75, 3.05) is 7.11 Å². The number of fused-ring (bicyclic) bond motifs is 3. The largest absolute Gasteiger partial charge is 0.497 e. The zero-order valence-electron chi connectivity index (χ0n) is 14.9. The molecule has 1 aliphatic heterocycles. The van der Waals surface area contributed by atoms with E-state index in [4.69, 9.17) is 9.84 Å². The second kappa shape index (κ2) is 6.56. The number of carbonyl (C=O) groups excluding carboxylic acids is 1. The van der Waals surface area contributed by atoms with Gasteiger partial charge in [-0.15, -0.1) is 0 Å². The van der Waals surface area contributed by atoms with Crippen LogP contribution in [0.2, 0.25) is 0 Å². The predicted molar refractivity (Wildman–Crippen MR) is 97.6 cm³/mol. The first-order valence-electron chi connectivity index (χ1n) is 8.95. The number of benzene rings is 2. The second-order valence-corrected chi connectivity index (χ2v) is 6.74. The monoisotopic (exact) mass is 352 g/mol. The number of hydrogen-bond acceptors (Lipinski definition) is 3. The molecule has 0 fully saturated rings. The standard InChI is InChI=1S/C21H21FN2O2/c1-3-19(25)24-21(14-4-8-15(22)9-5-14)17-11-7-13-6-10-16(26-2)12-18(13)20(17)23-24/h4-6,8-10,12,17,21H,3,7,11H2,1-2H3/t17-,21-/m0/s1. The van der Waals surface area contributed by atoms with Gasteiger partial charge < -0.3 is 4.74 Å². The van der Waals surface area contributed by atoms with Crippen molar-refractivity contribution >= 4 is 11.6 Å². The minimum absolute atomic E-state index is 0.0225. The summed E-state index contributed by atoms with van der Waals surface area (Å²) < 4.78 is 18.8. The minimum atomic E-state index is -0.278. The molecule has 0 aromatic heterocycles. The van der Waals surface area contributed by atoms with Crippen molar-refractivity contribution < 1.29 is 13.9 Å². The van der Waals surface area contributed by atoms with Gasteiger partial charge in [-0.1, -0.05) is 25.1 Å². The number of amides is 1. The van der Waals surface area contributed by atoms with E-state index < -0.39 is 0 Å². The molecule has 0 saturated heterocycles. The zero-order valence-corrected chi connectivity index (χ0v) is 14.9. The van der Waals surface area contributed by atoms with Crippen molar-refractivity contribution in [3.8, 4) is 5.75 Å². The Morgan fingerprint density at radius 2 is 2.04 bits per heavy atom. The fraction of sp³-hybridized carbons (Fsp3) is 0.333. The van der Waals surface area contributed by atoms with Crippen LogP contribution in [0, 0.1) is 11.7 Å². The molecule has 0 N–H and O–H groups in total. The maximum Gasteiger partial charge on any atom is 0.242 e. The number of rotatable bonds is 3. The highest BCUT2D eigenvalue weighted by molar-refractivity contribution is 6.07. The fourth-order valence-electron chi connectivity index (χ4n) is 3.98. The minimum Gasteiger partial charge on any atom is -0.497 e. The molecule has 0 bridgehead atoms. The molecule has 0 radical (unpaired) electrons. The Kier molecular flexibility index (Phi) is 4.23. The molecule has 5 heteroatoms. The maximum atomic E-state index is 13.4. The molecule has 2 atom stereocenters. The Hall–Kier alpha value is -2.69. The van der Waals surface area contributed by atoms with Gasteiger partial charge in [0.2, 0.25) is 5.91 Å². The normalized spacial score (nSPS) is 21.0. The third kappa shape index (κ3) is 2.68. The summed E-state index contributed by atoms with van der Waals surface area (Å²) in [4.78, 5) is 12.6. The van der Waals surface area contributed by atoms with Gasteiger partial charge in [-0.2, -0.15) is 5.10 Å². The molecule has 4 nitrogen and oxygen atoms in total. The lowest BCUT2D eigenvalue weighted by Crippen LogP contribution is -2.31. The lowest BCUT2D eigenvalue weighted by atomic mass is 9.77. The summed E-state index contributed by atoms with van der Waals surface area (Å²) in [6.07, 6.45) is 2.22. The van der Waals surface area contributed by atoms with E-state index >= 15 is 0 Å². The first-order chi connectivity index (χ1) is 12.6. The van der Waals surface area contributed by atoms with Crippen LogP contribution in [0.1, 0.15) is 42.5 Å². The molecule has 4 rings (SSSR count). The van der Waals surface area contributed by atoms with Gasteiger partial charge in [0, 0.05) is 17.9 Å². The number of methoxy groups -OCH3 is 1. The molecule has 2 aliphatic rings. The summed E-state index contributed by atoms with van der Waals surface area (Å²) in [7, 11) is 1.65. The Bertz CT molecular complexity index is 876. The molecule has 26 heavy (non-hydrogen) atoms. The third-order valence-corrected chi connectivity index (χ3v) is 5.30. The van der Waals surface area contributed by atoms with E-state index in [9.17, 15) is 9.18 Å². The Morgan fingerprint density at radius 3 is 2.73 bits per heavy atom. The van der Waals surface area contributed by atoms with Crippen LogP contribution in [0.25, 0.3) is 0 Å². The van der Waals surface area contributed by atoms with Crippen LogP contribution in [0.5, 0.6) is 5.75 Å². The second-order valence-electron chi connectivity index (χ2n) is 6.74. The Labute approximate surface area is 152 Å². The highest BCUT2D eigenvalue weighted by Gasteiger charge is 2.43. The third-order valence-electron chi connectivity index (χ3n) is 5.30. The fourth-order valence-corrected chi connectivity index (χ4v) is 3.98. The van der Waals surface area contributed by atoms with Crippen molar-refractivity contribution in [1.29, 1.82) is 0 Å². The lowest BCUT2D eigenvalue weighted by molar-refractivity contribution is -0.133. The zero-order chi connectivity index (χ0) is 18.3. The molecule has 0 spiro atoms. The van der Waals surface area contributed by atoms with Crippen LogP contribution in [0.3, 0.4) is 0 Å². The van der Waals surface area contributed by atoms with E-state index in [2.05, 4.69) is 6.07 Å². The van der Waals surface area contributed by atoms with Gasteiger partial charge in [-0.05, 0) is 48.2 Å². The molecule has 1 heterocycles. The van der Waals surface area contributed by atoms with E-state index in [1.54, 1.807) is 24.3 Å². The summed E-state index contributed by atoms with van der Waals surface area (Å²) in [6.45, 7) is 1.84. The number of hydrogen-bond donors (Lipinski definition) is 0. The van der Waals surface area contributed by atoms with Crippen LogP contribution >= 0.6 is 0 Å².